The van der Waals surface area contributed by atoms with Crippen LogP contribution in [0.1, 0.15) is 32.8 Å². The molecule has 0 radical (unpaired) electrons. The normalized spacial score (nSPS) is 24.8. The summed E-state index contributed by atoms with van der Waals surface area (Å²) in [6.07, 6.45) is 0.441. The summed E-state index contributed by atoms with van der Waals surface area (Å²) in [6, 6.07) is 6.04. The largest absolute Gasteiger partial charge is 0.378 e. The number of rotatable bonds is 6. The molecular weight excluding hydrogens is 366 g/mol. The molecule has 0 heterocycles. The second-order valence-electron chi connectivity index (χ2n) is 6.71. The predicted octanol–water partition coefficient (Wildman–Crippen LogP) is 0.905. The highest BCUT2D eigenvalue weighted by Crippen LogP contribution is 2.49. The second-order valence-corrected chi connectivity index (χ2v) is 8.27. The molecule has 7 nitrogen and oxygen atoms in total. The first-order valence-corrected chi connectivity index (χ1v) is 9.37. The Morgan fingerprint density at radius 1 is 1.32 bits per heavy atom. The van der Waals surface area contributed by atoms with Gasteiger partial charge in [0.15, 0.2) is 0 Å². The Labute approximate surface area is 154 Å². The number of carbonyl (C=O) groups excluding carboxylic acids is 1. The van der Waals surface area contributed by atoms with E-state index >= 15 is 0 Å². The van der Waals surface area contributed by atoms with Crippen molar-refractivity contribution in [3.05, 3.63) is 29.8 Å². The maximum absolute atomic E-state index is 12.5. The van der Waals surface area contributed by atoms with Crippen molar-refractivity contribution >= 4 is 28.3 Å². The van der Waals surface area contributed by atoms with Gasteiger partial charge in [-0.3, -0.25) is 4.79 Å². The van der Waals surface area contributed by atoms with Crippen LogP contribution >= 0.6 is 12.4 Å². The van der Waals surface area contributed by atoms with Gasteiger partial charge in [0.05, 0.1) is 11.0 Å². The maximum atomic E-state index is 12.5. The number of hydrogen-bond acceptors (Lipinski definition) is 5. The molecule has 1 amide bonds. The van der Waals surface area contributed by atoms with Crippen LogP contribution in [-0.4, -0.2) is 32.6 Å². The lowest BCUT2D eigenvalue weighted by Gasteiger charge is -2.57. The first kappa shape index (κ1) is 21.9. The van der Waals surface area contributed by atoms with E-state index in [-0.39, 0.29) is 35.9 Å². The zero-order valence-electron chi connectivity index (χ0n) is 14.6. The number of nitrogens with two attached hydrogens (primary N) is 2. The molecule has 2 unspecified atom stereocenters. The maximum Gasteiger partial charge on any atom is 0.241 e. The molecule has 142 valence electrons. The standard InChI is InChI=1S/C16H25N3O4S.ClH/c1-4-23-13-9-16(17,15(13,2)3)14(20)19-10-11-5-7-12(8-6-11)24(18,21)22;/h5-8,13H,4,9-10,17H2,1-3H3,(H,19,20)(H2,18,21,22);1H. The molecule has 1 fully saturated rings. The van der Waals surface area contributed by atoms with Crippen LogP contribution in [0.15, 0.2) is 29.2 Å². The SMILES string of the molecule is CCOC1CC(N)(C(=O)NCc2ccc(S(N)(=O)=O)cc2)C1(C)C.Cl. The number of hydrogen-bond donors (Lipinski definition) is 3. The molecule has 0 aromatic heterocycles. The van der Waals surface area contributed by atoms with Crippen LogP contribution < -0.4 is 16.2 Å². The molecule has 0 spiro atoms. The van der Waals surface area contributed by atoms with E-state index in [1.54, 1.807) is 12.1 Å². The lowest BCUT2D eigenvalue weighted by atomic mass is 9.54. The number of nitrogens with one attached hydrogen (secondary N) is 1. The van der Waals surface area contributed by atoms with E-state index in [1.807, 2.05) is 20.8 Å². The van der Waals surface area contributed by atoms with Crippen LogP contribution in [0.5, 0.6) is 0 Å². The highest BCUT2D eigenvalue weighted by Gasteiger charge is 2.62. The van der Waals surface area contributed by atoms with Gasteiger partial charge in [0.1, 0.15) is 5.54 Å². The van der Waals surface area contributed by atoms with Gasteiger partial charge in [-0.1, -0.05) is 26.0 Å². The predicted molar refractivity (Wildman–Crippen MR) is 97.6 cm³/mol. The molecule has 25 heavy (non-hydrogen) atoms. The molecule has 0 saturated heterocycles. The van der Waals surface area contributed by atoms with Gasteiger partial charge in [-0.15, -0.1) is 12.4 Å². The molecule has 2 atom stereocenters. The Balaban J connectivity index is 0.00000312. The molecular formula is C16H26ClN3O4S. The number of sulfonamides is 1. The van der Waals surface area contributed by atoms with Gasteiger partial charge in [-0.05, 0) is 24.6 Å². The summed E-state index contributed by atoms with van der Waals surface area (Å²) in [5, 5.41) is 7.87. The van der Waals surface area contributed by atoms with Gasteiger partial charge in [-0.25, -0.2) is 13.6 Å². The molecule has 1 aliphatic carbocycles. The van der Waals surface area contributed by atoms with Crippen LogP contribution in [0.3, 0.4) is 0 Å². The fourth-order valence-corrected chi connectivity index (χ4v) is 3.47. The fraction of sp³-hybridized carbons (Fsp3) is 0.562. The lowest BCUT2D eigenvalue weighted by molar-refractivity contribution is -0.170. The molecule has 2 rings (SSSR count). The number of amides is 1. The lowest BCUT2D eigenvalue weighted by Crippen LogP contribution is -2.75. The van der Waals surface area contributed by atoms with E-state index < -0.39 is 21.0 Å². The third-order valence-corrected chi connectivity index (χ3v) is 5.87. The quantitative estimate of drug-likeness (QED) is 0.664. The van der Waals surface area contributed by atoms with E-state index in [2.05, 4.69) is 5.32 Å². The van der Waals surface area contributed by atoms with E-state index in [9.17, 15) is 13.2 Å². The summed E-state index contributed by atoms with van der Waals surface area (Å²) in [4.78, 5) is 12.5. The van der Waals surface area contributed by atoms with Crippen LogP contribution in [0.4, 0.5) is 0 Å². The smallest absolute Gasteiger partial charge is 0.241 e. The summed E-state index contributed by atoms with van der Waals surface area (Å²) in [6.45, 7) is 6.62. The van der Waals surface area contributed by atoms with Crippen LogP contribution in [0, 0.1) is 5.41 Å². The molecule has 1 saturated carbocycles. The zero-order chi connectivity index (χ0) is 18.2. The number of halogens is 1. The van der Waals surface area contributed by atoms with Crippen LogP contribution in [0.2, 0.25) is 0 Å². The Morgan fingerprint density at radius 3 is 2.32 bits per heavy atom. The van der Waals surface area contributed by atoms with Gasteiger partial charge in [0.2, 0.25) is 15.9 Å². The molecule has 1 aromatic rings. The molecule has 1 aliphatic rings. The Bertz CT molecular complexity index is 721. The van der Waals surface area contributed by atoms with E-state index in [0.717, 1.165) is 5.56 Å². The zero-order valence-corrected chi connectivity index (χ0v) is 16.2. The topological polar surface area (TPSA) is 125 Å². The molecule has 0 bridgehead atoms. The van der Waals surface area contributed by atoms with E-state index in [1.165, 1.54) is 12.1 Å². The van der Waals surface area contributed by atoms with Gasteiger partial charge in [0.25, 0.3) is 0 Å². The van der Waals surface area contributed by atoms with Gasteiger partial charge in [-0.2, -0.15) is 0 Å². The second kappa shape index (κ2) is 7.59. The Hall–Kier alpha value is -1.19. The van der Waals surface area contributed by atoms with Gasteiger partial charge >= 0.3 is 0 Å². The molecule has 1 aromatic carbocycles. The highest BCUT2D eigenvalue weighted by atomic mass is 35.5. The summed E-state index contributed by atoms with van der Waals surface area (Å²) in [5.41, 5.74) is 5.63. The summed E-state index contributed by atoms with van der Waals surface area (Å²) in [7, 11) is -3.72. The first-order valence-electron chi connectivity index (χ1n) is 7.83. The molecule has 5 N–H and O–H groups in total. The van der Waals surface area contributed by atoms with Crippen molar-refractivity contribution in [3.63, 3.8) is 0 Å². The summed E-state index contributed by atoms with van der Waals surface area (Å²) >= 11 is 0. The van der Waals surface area contributed by atoms with Crippen molar-refractivity contribution in [1.82, 2.24) is 5.32 Å². The Morgan fingerprint density at radius 2 is 1.88 bits per heavy atom. The van der Waals surface area contributed by atoms with Crippen LogP contribution in [0.25, 0.3) is 0 Å². The van der Waals surface area contributed by atoms with Crippen molar-refractivity contribution in [1.29, 1.82) is 0 Å². The first-order chi connectivity index (χ1) is 11.0. The number of benzene rings is 1. The van der Waals surface area contributed by atoms with Crippen molar-refractivity contribution in [2.75, 3.05) is 6.61 Å². The van der Waals surface area contributed by atoms with Crippen molar-refractivity contribution in [2.24, 2.45) is 16.3 Å². The number of ether oxygens (including phenoxy) is 1. The average molecular weight is 392 g/mol. The van der Waals surface area contributed by atoms with E-state index in [4.69, 9.17) is 15.6 Å². The monoisotopic (exact) mass is 391 g/mol. The van der Waals surface area contributed by atoms with Crippen LogP contribution in [-0.2, 0) is 26.1 Å². The minimum atomic E-state index is -3.72. The third kappa shape index (κ3) is 4.15. The minimum absolute atomic E-state index is 0. The third-order valence-electron chi connectivity index (χ3n) is 4.94. The number of carbonyl (C=O) groups is 1. The molecule has 0 aliphatic heterocycles. The highest BCUT2D eigenvalue weighted by molar-refractivity contribution is 7.89. The Kier molecular flexibility index (Phi) is 6.63. The minimum Gasteiger partial charge on any atom is -0.378 e. The van der Waals surface area contributed by atoms with Crippen molar-refractivity contribution in [3.8, 4) is 0 Å². The van der Waals surface area contributed by atoms with Gasteiger partial charge in [0, 0.05) is 25.0 Å². The molecule has 9 heteroatoms. The van der Waals surface area contributed by atoms with Crippen molar-refractivity contribution in [2.45, 2.75) is 50.3 Å². The average Bonchev–Trinajstić information content (AvgIpc) is 2.51. The fourth-order valence-electron chi connectivity index (χ4n) is 2.96. The summed E-state index contributed by atoms with van der Waals surface area (Å²) < 4.78 is 28.1. The number of primary sulfonamides is 1. The van der Waals surface area contributed by atoms with E-state index in [0.29, 0.717) is 13.0 Å². The van der Waals surface area contributed by atoms with Crippen molar-refractivity contribution < 1.29 is 17.9 Å². The summed E-state index contributed by atoms with van der Waals surface area (Å²) in [5.74, 6) is -0.237. The van der Waals surface area contributed by atoms with Gasteiger partial charge < -0.3 is 15.8 Å².